The summed E-state index contributed by atoms with van der Waals surface area (Å²) in [5.41, 5.74) is -2.26. The highest BCUT2D eigenvalue weighted by atomic mass is 32.2. The lowest BCUT2D eigenvalue weighted by Crippen LogP contribution is -2.47. The van der Waals surface area contributed by atoms with Crippen molar-refractivity contribution in [3.05, 3.63) is 58.6 Å². The van der Waals surface area contributed by atoms with Crippen LogP contribution in [0.4, 0.5) is 4.79 Å². The molecule has 0 aromatic carbocycles. The molecule has 0 radical (unpaired) electrons. The number of aromatic nitrogens is 4. The Balaban J connectivity index is 1.70. The molecule has 4 aromatic rings. The molecule has 0 bridgehead atoms. The minimum atomic E-state index is -4.43. The number of amides is 1. The van der Waals surface area contributed by atoms with Crippen LogP contribution in [-0.4, -0.2) is 49.1 Å². The van der Waals surface area contributed by atoms with Gasteiger partial charge in [0.05, 0.1) is 39.7 Å². The number of thiophene rings is 1. The maximum Gasteiger partial charge on any atom is 0.424 e. The van der Waals surface area contributed by atoms with E-state index < -0.39 is 38.5 Å². The second-order valence-electron chi connectivity index (χ2n) is 11.4. The summed E-state index contributed by atoms with van der Waals surface area (Å²) in [4.78, 5) is 51.2. The van der Waals surface area contributed by atoms with Gasteiger partial charge in [-0.25, -0.2) is 19.6 Å². The van der Waals surface area contributed by atoms with Crippen LogP contribution in [0.25, 0.3) is 10.2 Å². The molecule has 0 unspecified atom stereocenters. The second kappa shape index (κ2) is 10.1. The molecule has 4 aromatic heterocycles. The van der Waals surface area contributed by atoms with Gasteiger partial charge in [-0.1, -0.05) is 0 Å². The average molecular weight is 638 g/mol. The van der Waals surface area contributed by atoms with Crippen LogP contribution in [0.2, 0.25) is 0 Å². The molecule has 220 valence electrons. The van der Waals surface area contributed by atoms with Gasteiger partial charge in [0.15, 0.2) is 0 Å². The summed E-state index contributed by atoms with van der Waals surface area (Å²) in [6, 6.07) is 1.27. The van der Waals surface area contributed by atoms with Gasteiger partial charge in [0, 0.05) is 16.0 Å². The topological polar surface area (TPSA) is 133 Å². The summed E-state index contributed by atoms with van der Waals surface area (Å²) >= 11 is 3.61. The van der Waals surface area contributed by atoms with Crippen molar-refractivity contribution < 1.29 is 17.9 Å². The third-order valence-electron chi connectivity index (χ3n) is 6.67. The van der Waals surface area contributed by atoms with Crippen molar-refractivity contribution in [2.75, 3.05) is 0 Å². The van der Waals surface area contributed by atoms with Crippen molar-refractivity contribution in [1.82, 2.24) is 23.4 Å². The standard InChI is InChI=1S/C26H31N5O6S4/c1-14-19(39-16(3)28-14)13-30-22-18(21(32)29(23(30)33)12-17-11-27-15(2)38-17)10-20(40-22)41(35,36)31(26(7)8-9-26)24(34)37-25(4,5)6/h10-11H,8-9,12-13H2,1-7H3. The van der Waals surface area contributed by atoms with Crippen molar-refractivity contribution in [2.24, 2.45) is 0 Å². The van der Waals surface area contributed by atoms with Crippen molar-refractivity contribution in [3.63, 3.8) is 0 Å². The van der Waals surface area contributed by atoms with E-state index in [0.29, 0.717) is 12.8 Å². The molecule has 0 saturated heterocycles. The van der Waals surface area contributed by atoms with Crippen molar-refractivity contribution >= 4 is 60.3 Å². The van der Waals surface area contributed by atoms with Crippen LogP contribution in [0.3, 0.4) is 0 Å². The highest BCUT2D eigenvalue weighted by molar-refractivity contribution is 7.92. The van der Waals surface area contributed by atoms with Gasteiger partial charge in [0.25, 0.3) is 15.6 Å². The second-order valence-corrected chi connectivity index (χ2v) is 17.0. The van der Waals surface area contributed by atoms with E-state index >= 15 is 0 Å². The number of ether oxygens (including phenoxy) is 1. The van der Waals surface area contributed by atoms with E-state index in [4.69, 9.17) is 4.74 Å². The molecule has 1 aliphatic carbocycles. The molecule has 1 saturated carbocycles. The number of carbonyl (C=O) groups excluding carboxylic acids is 1. The predicted octanol–water partition coefficient (Wildman–Crippen LogP) is 4.64. The fourth-order valence-electron chi connectivity index (χ4n) is 4.47. The van der Waals surface area contributed by atoms with E-state index in [-0.39, 0.29) is 27.5 Å². The minimum Gasteiger partial charge on any atom is -0.443 e. The first-order chi connectivity index (χ1) is 19.0. The van der Waals surface area contributed by atoms with Crippen molar-refractivity contribution in [2.45, 2.75) is 89.7 Å². The van der Waals surface area contributed by atoms with Gasteiger partial charge >= 0.3 is 11.8 Å². The SMILES string of the molecule is Cc1ncc(Cn2c(=O)c3cc(S(=O)(=O)N(C(=O)OC(C)(C)C)C4(C)CC4)sc3n(Cc3sc(C)nc3C)c2=O)s1. The first-order valence-corrected chi connectivity index (χ1v) is 16.8. The van der Waals surface area contributed by atoms with E-state index in [1.807, 2.05) is 20.8 Å². The van der Waals surface area contributed by atoms with E-state index in [9.17, 15) is 22.8 Å². The van der Waals surface area contributed by atoms with E-state index in [1.165, 1.54) is 33.3 Å². The minimum absolute atomic E-state index is 0.000150. The first-order valence-electron chi connectivity index (χ1n) is 12.9. The van der Waals surface area contributed by atoms with Crippen LogP contribution in [0.5, 0.6) is 0 Å². The van der Waals surface area contributed by atoms with E-state index in [1.54, 1.807) is 33.9 Å². The number of rotatable bonds is 7. The van der Waals surface area contributed by atoms with Gasteiger partial charge in [0.1, 0.15) is 14.6 Å². The average Bonchev–Trinajstić information content (AvgIpc) is 3.17. The zero-order valence-electron chi connectivity index (χ0n) is 23.8. The van der Waals surface area contributed by atoms with E-state index in [0.717, 1.165) is 45.7 Å². The van der Waals surface area contributed by atoms with Crippen LogP contribution in [-0.2, 0) is 27.8 Å². The molecule has 41 heavy (non-hydrogen) atoms. The van der Waals surface area contributed by atoms with Crippen LogP contribution in [0.15, 0.2) is 26.1 Å². The van der Waals surface area contributed by atoms with Crippen LogP contribution < -0.4 is 11.2 Å². The third-order valence-corrected chi connectivity index (χ3v) is 12.2. The molecule has 0 spiro atoms. The number of aryl methyl sites for hydroxylation is 3. The lowest BCUT2D eigenvalue weighted by atomic mass is 10.2. The zero-order valence-corrected chi connectivity index (χ0v) is 27.1. The fourth-order valence-corrected chi connectivity index (χ4v) is 9.38. The van der Waals surface area contributed by atoms with Gasteiger partial charge < -0.3 is 4.74 Å². The zero-order chi connectivity index (χ0) is 30.1. The summed E-state index contributed by atoms with van der Waals surface area (Å²) in [6.45, 7) is 12.3. The van der Waals surface area contributed by atoms with Gasteiger partial charge in [-0.3, -0.25) is 13.9 Å². The Morgan fingerprint density at radius 3 is 2.29 bits per heavy atom. The molecule has 5 rings (SSSR count). The molecular formula is C26H31N5O6S4. The largest absolute Gasteiger partial charge is 0.443 e. The number of nitrogens with zero attached hydrogens (tertiary/aromatic N) is 5. The van der Waals surface area contributed by atoms with Gasteiger partial charge in [-0.05, 0) is 67.4 Å². The molecule has 1 aliphatic rings. The molecule has 1 fully saturated rings. The smallest absolute Gasteiger partial charge is 0.424 e. The third kappa shape index (κ3) is 5.64. The van der Waals surface area contributed by atoms with Crippen LogP contribution in [0, 0.1) is 20.8 Å². The Labute approximate surface area is 249 Å². The summed E-state index contributed by atoms with van der Waals surface area (Å²) in [7, 11) is -4.43. The highest BCUT2D eigenvalue weighted by Gasteiger charge is 2.54. The monoisotopic (exact) mass is 637 g/mol. The maximum atomic E-state index is 14.0. The molecule has 0 aliphatic heterocycles. The number of carbonyl (C=O) groups is 1. The Morgan fingerprint density at radius 1 is 1.07 bits per heavy atom. The Morgan fingerprint density at radius 2 is 1.76 bits per heavy atom. The van der Waals surface area contributed by atoms with Crippen molar-refractivity contribution in [3.8, 4) is 0 Å². The molecule has 11 nitrogen and oxygen atoms in total. The number of sulfonamides is 1. The van der Waals surface area contributed by atoms with E-state index in [2.05, 4.69) is 9.97 Å². The van der Waals surface area contributed by atoms with Crippen LogP contribution in [0.1, 0.15) is 66.0 Å². The van der Waals surface area contributed by atoms with Crippen LogP contribution >= 0.6 is 34.0 Å². The van der Waals surface area contributed by atoms with Crippen molar-refractivity contribution in [1.29, 1.82) is 0 Å². The lowest BCUT2D eigenvalue weighted by Gasteiger charge is -2.30. The highest BCUT2D eigenvalue weighted by Crippen LogP contribution is 2.46. The number of thiazole rings is 2. The number of hydrogen-bond acceptors (Lipinski definition) is 11. The molecule has 4 heterocycles. The summed E-state index contributed by atoms with van der Waals surface area (Å²) in [5.74, 6) is 0. The molecule has 15 heteroatoms. The molecular weight excluding hydrogens is 607 g/mol. The Bertz CT molecular complexity index is 1900. The summed E-state index contributed by atoms with van der Waals surface area (Å²) in [5, 5.41) is 1.71. The van der Waals surface area contributed by atoms with Gasteiger partial charge in [-0.15, -0.1) is 34.0 Å². The summed E-state index contributed by atoms with van der Waals surface area (Å²) < 4.78 is 36.7. The lowest BCUT2D eigenvalue weighted by molar-refractivity contribution is 0.0332. The molecule has 0 N–H and O–H groups in total. The Hall–Kier alpha value is -2.88. The quantitative estimate of drug-likeness (QED) is 0.286. The fraction of sp³-hybridized carbons (Fsp3) is 0.500. The normalized spacial score (nSPS) is 14.9. The first kappa shape index (κ1) is 29.6. The summed E-state index contributed by atoms with van der Waals surface area (Å²) in [6.07, 6.45) is 1.63. The molecule has 1 amide bonds. The van der Waals surface area contributed by atoms with Gasteiger partial charge in [-0.2, -0.15) is 12.7 Å². The predicted molar refractivity (Wildman–Crippen MR) is 160 cm³/mol. The maximum absolute atomic E-state index is 14.0. The Kier molecular flexibility index (Phi) is 7.32. The number of fused-ring (bicyclic) bond motifs is 1. The molecule has 0 atom stereocenters. The van der Waals surface area contributed by atoms with Gasteiger partial charge in [0.2, 0.25) is 0 Å². The number of hydrogen-bond donors (Lipinski definition) is 0.